The highest BCUT2D eigenvalue weighted by molar-refractivity contribution is 7.99. The van der Waals surface area contributed by atoms with Crippen LogP contribution in [0.4, 0.5) is 26.0 Å². The summed E-state index contributed by atoms with van der Waals surface area (Å²) in [6, 6.07) is 20.5. The second kappa shape index (κ2) is 23.8. The van der Waals surface area contributed by atoms with E-state index in [1.54, 1.807) is 24.3 Å². The summed E-state index contributed by atoms with van der Waals surface area (Å²) in [6.45, 7) is 0.713. The first-order chi connectivity index (χ1) is 27.3. The van der Waals surface area contributed by atoms with Gasteiger partial charge >= 0.3 is 17.7 Å². The summed E-state index contributed by atoms with van der Waals surface area (Å²) in [7, 11) is 3.66. The molecule has 1 amide bonds. The number of nitrogens with two attached hydrogens (primary N) is 3. The SMILES string of the molecule is COC(=O)Cl.COC(=O)NCCSc1nc(N)c(C#N)c(-c2ccc(OC(=O)OC)cc2)c1C#N.N#Cc1c(N)nc(SCCN)c(C#N)c1-c1ccc(O)cc1. The van der Waals surface area contributed by atoms with Crippen molar-refractivity contribution in [3.8, 4) is 58.0 Å². The van der Waals surface area contributed by atoms with E-state index in [9.17, 15) is 40.5 Å². The predicted molar refractivity (Wildman–Crippen MR) is 211 cm³/mol. The monoisotopic (exact) mass is 832 g/mol. The lowest BCUT2D eigenvalue weighted by molar-refractivity contribution is 0.121. The number of halogens is 1. The molecule has 0 fully saturated rings. The smallest absolute Gasteiger partial charge is 0.508 e. The number of nitriles is 4. The van der Waals surface area contributed by atoms with Crippen LogP contribution in [0.15, 0.2) is 58.6 Å². The minimum atomic E-state index is -0.870. The van der Waals surface area contributed by atoms with Crippen LogP contribution in [-0.2, 0) is 14.2 Å². The number of anilines is 2. The number of aromatic hydroxyl groups is 1. The summed E-state index contributed by atoms with van der Waals surface area (Å²) in [6.07, 6.45) is -1.44. The van der Waals surface area contributed by atoms with Gasteiger partial charge in [0.25, 0.3) is 0 Å². The van der Waals surface area contributed by atoms with Gasteiger partial charge < -0.3 is 46.6 Å². The first-order valence-corrected chi connectivity index (χ1v) is 18.1. The molecule has 0 atom stereocenters. The van der Waals surface area contributed by atoms with Crippen LogP contribution >= 0.6 is 35.1 Å². The standard InChI is InChI=1S/C19H17N5O5S.C15H13N5OS.C2H3ClO2/c1-27-18(25)23-7-8-30-17-14(10-21)15(13(9-20)16(22)24-17)11-3-5-12(6-4-11)29-19(26)28-2;16-5-6-22-15-12(8-18)13(11(7-17)14(19)20-15)9-1-3-10(21)4-2-9;1-5-2(3)4/h3-6H,7-8H2,1-2H3,(H2,22,24)(H,23,25);1-4,21H,5-6,16H2,(H2,19,20);1H3. The van der Waals surface area contributed by atoms with Crippen molar-refractivity contribution in [2.75, 3.05) is 57.4 Å². The highest BCUT2D eigenvalue weighted by Crippen LogP contribution is 2.37. The van der Waals surface area contributed by atoms with Gasteiger partial charge in [-0.1, -0.05) is 24.3 Å². The Bertz CT molecular complexity index is 2240. The maximum Gasteiger partial charge on any atom is 0.513 e. The molecule has 0 radical (unpaired) electrons. The zero-order valence-corrected chi connectivity index (χ0v) is 32.8. The Morgan fingerprint density at radius 2 is 1.18 bits per heavy atom. The van der Waals surface area contributed by atoms with E-state index in [4.69, 9.17) is 21.9 Å². The Balaban J connectivity index is 0.000000364. The lowest BCUT2D eigenvalue weighted by atomic mass is 9.97. The largest absolute Gasteiger partial charge is 0.513 e. The van der Waals surface area contributed by atoms with Crippen molar-refractivity contribution in [2.24, 2.45) is 5.73 Å². The summed E-state index contributed by atoms with van der Waals surface area (Å²) in [5.41, 5.74) is 19.1. The van der Waals surface area contributed by atoms with Crippen LogP contribution in [0.2, 0.25) is 0 Å². The molecule has 0 spiro atoms. The summed E-state index contributed by atoms with van der Waals surface area (Å²) in [5, 5.41) is 50.8. The number of methoxy groups -OCH3 is 3. The average molecular weight is 833 g/mol. The van der Waals surface area contributed by atoms with Gasteiger partial charge in [-0.15, -0.1) is 23.5 Å². The maximum absolute atomic E-state index is 11.2. The summed E-state index contributed by atoms with van der Waals surface area (Å²) >= 11 is 7.12. The van der Waals surface area contributed by atoms with Gasteiger partial charge in [-0.3, -0.25) is 0 Å². The fourth-order valence-electron chi connectivity index (χ4n) is 4.37. The number of rotatable bonds is 10. The molecule has 0 unspecified atom stereocenters. The number of carbonyl (C=O) groups is 3. The van der Waals surface area contributed by atoms with E-state index in [2.05, 4.69) is 53.2 Å². The number of nitrogen functional groups attached to an aromatic ring is 2. The second-order valence-electron chi connectivity index (χ2n) is 10.3. The number of hydrogen-bond donors (Lipinski definition) is 5. The zero-order valence-electron chi connectivity index (χ0n) is 30.4. The molecule has 0 bridgehead atoms. The van der Waals surface area contributed by atoms with Crippen molar-refractivity contribution in [2.45, 2.75) is 10.1 Å². The quantitative estimate of drug-likeness (QED) is 0.0329. The number of nitrogens with zero attached hydrogens (tertiary/aromatic N) is 6. The molecule has 0 aliphatic heterocycles. The van der Waals surface area contributed by atoms with Crippen LogP contribution in [0.3, 0.4) is 0 Å². The lowest BCUT2D eigenvalue weighted by Crippen LogP contribution is -2.25. The van der Waals surface area contributed by atoms with Gasteiger partial charge in [0, 0.05) is 47.3 Å². The predicted octanol–water partition coefficient (Wildman–Crippen LogP) is 5.49. The van der Waals surface area contributed by atoms with Crippen LogP contribution < -0.4 is 27.3 Å². The van der Waals surface area contributed by atoms with E-state index in [-0.39, 0.29) is 51.9 Å². The number of amides is 1. The van der Waals surface area contributed by atoms with E-state index in [1.807, 2.05) is 12.1 Å². The normalized spacial score (nSPS) is 9.56. The highest BCUT2D eigenvalue weighted by Gasteiger charge is 2.22. The van der Waals surface area contributed by atoms with Gasteiger partial charge in [0.1, 0.15) is 68.6 Å². The summed E-state index contributed by atoms with van der Waals surface area (Å²) < 4.78 is 17.7. The molecule has 2 aromatic heterocycles. The number of carbonyl (C=O) groups excluding carboxylic acids is 3. The van der Waals surface area contributed by atoms with E-state index < -0.39 is 17.7 Å². The fourth-order valence-corrected chi connectivity index (χ4v) is 5.99. The van der Waals surface area contributed by atoms with Gasteiger partial charge in [0.15, 0.2) is 0 Å². The lowest BCUT2D eigenvalue weighted by Gasteiger charge is -2.13. The van der Waals surface area contributed by atoms with Crippen LogP contribution in [0.1, 0.15) is 22.3 Å². The summed E-state index contributed by atoms with van der Waals surface area (Å²) in [5.74, 6) is 1.36. The molecule has 0 saturated carbocycles. The van der Waals surface area contributed by atoms with Crippen molar-refractivity contribution < 1.29 is 38.4 Å². The van der Waals surface area contributed by atoms with Crippen molar-refractivity contribution >= 4 is 64.4 Å². The maximum atomic E-state index is 11.2. The zero-order chi connectivity index (χ0) is 42.5. The second-order valence-corrected chi connectivity index (χ2v) is 12.8. The third kappa shape index (κ3) is 13.4. The molecule has 8 N–H and O–H groups in total. The number of benzene rings is 2. The minimum absolute atomic E-state index is 0.0233. The summed E-state index contributed by atoms with van der Waals surface area (Å²) in [4.78, 5) is 40.0. The Kier molecular flexibility index (Phi) is 19.3. The molecule has 0 saturated heterocycles. The van der Waals surface area contributed by atoms with Crippen LogP contribution in [0.25, 0.3) is 22.3 Å². The Morgan fingerprint density at radius 3 is 1.56 bits per heavy atom. The molecule has 21 heteroatoms. The molecule has 294 valence electrons. The molecule has 2 heterocycles. The molecule has 4 rings (SSSR count). The van der Waals surface area contributed by atoms with Gasteiger partial charge in [-0.25, -0.2) is 24.4 Å². The molecule has 18 nitrogen and oxygen atoms in total. The number of nitrogens with one attached hydrogen (secondary N) is 1. The van der Waals surface area contributed by atoms with Gasteiger partial charge in [-0.2, -0.15) is 21.0 Å². The third-order valence-electron chi connectivity index (χ3n) is 6.81. The number of phenolic OH excluding ortho intramolecular Hbond substituents is 1. The van der Waals surface area contributed by atoms with Gasteiger partial charge in [0.2, 0.25) is 0 Å². The van der Waals surface area contributed by atoms with Crippen molar-refractivity contribution in [1.29, 1.82) is 21.0 Å². The minimum Gasteiger partial charge on any atom is -0.508 e. The Labute approximate surface area is 340 Å². The number of ether oxygens (including phenoxy) is 4. The molecule has 2 aromatic carbocycles. The molecular weight excluding hydrogens is 800 g/mol. The number of thioether (sulfide) groups is 2. The van der Waals surface area contributed by atoms with Crippen molar-refractivity contribution in [1.82, 2.24) is 15.3 Å². The number of phenols is 1. The first-order valence-electron chi connectivity index (χ1n) is 15.8. The van der Waals surface area contributed by atoms with Crippen LogP contribution in [0.5, 0.6) is 11.5 Å². The van der Waals surface area contributed by atoms with Gasteiger partial charge in [0.05, 0.1) is 32.5 Å². The molecular formula is C36H33ClN10O8S2. The Hall–Kier alpha value is -6.94. The Morgan fingerprint density at radius 1 is 0.737 bits per heavy atom. The number of alkyl carbamates (subject to hydrolysis) is 1. The number of pyridine rings is 2. The van der Waals surface area contributed by atoms with Crippen LogP contribution in [-0.4, -0.2) is 78.7 Å². The molecule has 0 aliphatic rings. The topological polar surface area (TPSA) is 319 Å². The van der Waals surface area contributed by atoms with Crippen LogP contribution in [0, 0.1) is 45.3 Å². The van der Waals surface area contributed by atoms with Crippen molar-refractivity contribution in [3.63, 3.8) is 0 Å². The molecule has 4 aromatic rings. The average Bonchev–Trinajstić information content (AvgIpc) is 3.21. The number of aromatic nitrogens is 2. The third-order valence-corrected chi connectivity index (χ3v) is 8.95. The van der Waals surface area contributed by atoms with Crippen molar-refractivity contribution in [3.05, 3.63) is 70.8 Å². The van der Waals surface area contributed by atoms with E-state index in [0.29, 0.717) is 50.4 Å². The van der Waals surface area contributed by atoms with E-state index in [0.717, 1.165) is 0 Å². The fraction of sp³-hybridized carbons (Fsp3) is 0.194. The molecule has 0 aliphatic carbocycles. The van der Waals surface area contributed by atoms with E-state index >= 15 is 0 Å². The molecule has 57 heavy (non-hydrogen) atoms. The first kappa shape index (κ1) is 46.2. The van der Waals surface area contributed by atoms with E-state index in [1.165, 1.54) is 69.1 Å². The number of hydrogen-bond acceptors (Lipinski definition) is 19. The highest BCUT2D eigenvalue weighted by atomic mass is 35.5. The van der Waals surface area contributed by atoms with Gasteiger partial charge in [-0.05, 0) is 35.4 Å².